The number of halogens is 2. The van der Waals surface area contributed by atoms with E-state index in [2.05, 4.69) is 16.3 Å². The summed E-state index contributed by atoms with van der Waals surface area (Å²) in [6, 6.07) is 8.05. The lowest BCUT2D eigenvalue weighted by atomic mass is 10.2. The molecule has 0 aliphatic carbocycles. The van der Waals surface area contributed by atoms with Crippen LogP contribution < -0.4 is 15.0 Å². The molecule has 0 aromatic heterocycles. The zero-order valence-corrected chi connectivity index (χ0v) is 15.4. The van der Waals surface area contributed by atoms with E-state index in [9.17, 15) is 4.79 Å². The molecule has 0 unspecified atom stereocenters. The molecule has 1 fully saturated rings. The fraction of sp³-hybridized carbons (Fsp3) is 0.562. The van der Waals surface area contributed by atoms with Gasteiger partial charge in [-0.3, -0.25) is 4.79 Å². The van der Waals surface area contributed by atoms with Crippen LogP contribution in [-0.2, 0) is 4.79 Å². The molecule has 0 saturated carbocycles. The highest BCUT2D eigenvalue weighted by Gasteiger charge is 2.22. The van der Waals surface area contributed by atoms with Crippen LogP contribution in [0.3, 0.4) is 0 Å². The van der Waals surface area contributed by atoms with Gasteiger partial charge < -0.3 is 19.9 Å². The highest BCUT2D eigenvalue weighted by Crippen LogP contribution is 2.28. The molecule has 1 saturated heterocycles. The maximum absolute atomic E-state index is 12.1. The number of piperazine rings is 1. The van der Waals surface area contributed by atoms with Gasteiger partial charge in [-0.2, -0.15) is 0 Å². The summed E-state index contributed by atoms with van der Waals surface area (Å²) in [5.74, 6) is 1.16. The molecule has 1 aromatic rings. The predicted molar refractivity (Wildman–Crippen MR) is 99.4 cm³/mol. The third-order valence-corrected chi connectivity index (χ3v) is 3.88. The van der Waals surface area contributed by atoms with E-state index in [4.69, 9.17) is 4.74 Å². The van der Waals surface area contributed by atoms with Crippen molar-refractivity contribution in [1.29, 1.82) is 0 Å². The third kappa shape index (κ3) is 6.09. The summed E-state index contributed by atoms with van der Waals surface area (Å²) < 4.78 is 5.41. The van der Waals surface area contributed by atoms with Crippen molar-refractivity contribution in [2.75, 3.05) is 51.8 Å². The molecule has 0 bridgehead atoms. The summed E-state index contributed by atoms with van der Waals surface area (Å²) in [4.78, 5) is 16.4. The number of nitrogens with one attached hydrogen (secondary N) is 1. The molecule has 23 heavy (non-hydrogen) atoms. The van der Waals surface area contributed by atoms with Crippen molar-refractivity contribution < 1.29 is 9.53 Å². The van der Waals surface area contributed by atoms with E-state index in [1.165, 1.54) is 0 Å². The Labute approximate surface area is 151 Å². The van der Waals surface area contributed by atoms with Gasteiger partial charge in [0.05, 0.1) is 12.8 Å². The number of rotatable bonds is 6. The summed E-state index contributed by atoms with van der Waals surface area (Å²) >= 11 is 0. The van der Waals surface area contributed by atoms with Crippen molar-refractivity contribution in [3.05, 3.63) is 24.3 Å². The Morgan fingerprint density at radius 3 is 2.43 bits per heavy atom. The van der Waals surface area contributed by atoms with E-state index in [0.29, 0.717) is 6.42 Å². The van der Waals surface area contributed by atoms with Crippen molar-refractivity contribution in [3.8, 4) is 5.75 Å². The maximum atomic E-state index is 12.1. The van der Waals surface area contributed by atoms with Crippen molar-refractivity contribution in [3.63, 3.8) is 0 Å². The van der Waals surface area contributed by atoms with E-state index >= 15 is 0 Å². The second-order valence-corrected chi connectivity index (χ2v) is 5.25. The van der Waals surface area contributed by atoms with Gasteiger partial charge in [-0.25, -0.2) is 0 Å². The molecule has 0 atom stereocenters. The van der Waals surface area contributed by atoms with Crippen molar-refractivity contribution in [2.24, 2.45) is 0 Å². The predicted octanol–water partition coefficient (Wildman–Crippen LogP) is 2.19. The fourth-order valence-corrected chi connectivity index (χ4v) is 2.66. The van der Waals surface area contributed by atoms with Crippen molar-refractivity contribution >= 4 is 36.4 Å². The van der Waals surface area contributed by atoms with Gasteiger partial charge in [0.2, 0.25) is 5.91 Å². The summed E-state index contributed by atoms with van der Waals surface area (Å²) in [5, 5.41) is 3.07. The van der Waals surface area contributed by atoms with Gasteiger partial charge in [-0.15, -0.1) is 24.8 Å². The molecular weight excluding hydrogens is 337 g/mol. The van der Waals surface area contributed by atoms with Gasteiger partial charge in [-0.1, -0.05) is 12.1 Å². The van der Waals surface area contributed by atoms with E-state index < -0.39 is 0 Å². The van der Waals surface area contributed by atoms with Crippen molar-refractivity contribution in [1.82, 2.24) is 10.2 Å². The topological polar surface area (TPSA) is 44.8 Å². The number of hydrogen-bond donors (Lipinski definition) is 1. The first kappa shape index (κ1) is 21.8. The number of carbonyl (C=O) groups excluding carboxylic acids is 1. The first-order valence-electron chi connectivity index (χ1n) is 7.56. The van der Waals surface area contributed by atoms with E-state index in [1.807, 2.05) is 30.1 Å². The standard InChI is InChI=1S/C16H25N3O2.2ClH/c1-17-9-5-8-16(20)19-12-10-18(11-13-19)14-6-3-4-7-15(14)21-2;;/h3-4,6-7,17H,5,8-13H2,1-2H3;2*1H. The summed E-state index contributed by atoms with van der Waals surface area (Å²) in [6.07, 6.45) is 1.54. The van der Waals surface area contributed by atoms with Crippen LogP contribution in [0.4, 0.5) is 5.69 Å². The average molecular weight is 364 g/mol. The Bertz CT molecular complexity index is 466. The molecule has 0 radical (unpaired) electrons. The minimum Gasteiger partial charge on any atom is -0.495 e. The highest BCUT2D eigenvalue weighted by molar-refractivity contribution is 5.85. The minimum atomic E-state index is 0. The monoisotopic (exact) mass is 363 g/mol. The number of hydrogen-bond acceptors (Lipinski definition) is 4. The normalized spacial score (nSPS) is 13.8. The quantitative estimate of drug-likeness (QED) is 0.786. The summed E-state index contributed by atoms with van der Waals surface area (Å²) in [7, 11) is 3.61. The van der Waals surface area contributed by atoms with Crippen LogP contribution in [0, 0.1) is 0 Å². The zero-order chi connectivity index (χ0) is 15.1. The number of para-hydroxylation sites is 2. The molecule has 1 N–H and O–H groups in total. The molecule has 1 aromatic carbocycles. The second kappa shape index (κ2) is 11.4. The Morgan fingerprint density at radius 2 is 1.83 bits per heavy atom. The highest BCUT2D eigenvalue weighted by atomic mass is 35.5. The number of nitrogens with zero attached hydrogens (tertiary/aromatic N) is 2. The smallest absolute Gasteiger partial charge is 0.222 e. The lowest BCUT2D eigenvalue weighted by Gasteiger charge is -2.36. The van der Waals surface area contributed by atoms with E-state index in [0.717, 1.165) is 50.6 Å². The molecule has 1 heterocycles. The Morgan fingerprint density at radius 1 is 1.17 bits per heavy atom. The molecule has 1 aliphatic heterocycles. The SMILES string of the molecule is CNCCCC(=O)N1CCN(c2ccccc2OC)CC1.Cl.Cl. The molecule has 5 nitrogen and oxygen atoms in total. The first-order valence-corrected chi connectivity index (χ1v) is 7.56. The molecule has 0 spiro atoms. The molecule has 2 rings (SSSR count). The number of ether oxygens (including phenoxy) is 1. The van der Waals surface area contributed by atoms with Gasteiger partial charge in [0.15, 0.2) is 0 Å². The van der Waals surface area contributed by atoms with Crippen LogP contribution in [-0.4, -0.2) is 57.7 Å². The van der Waals surface area contributed by atoms with Crippen LogP contribution >= 0.6 is 24.8 Å². The third-order valence-electron chi connectivity index (χ3n) is 3.88. The first-order chi connectivity index (χ1) is 10.3. The van der Waals surface area contributed by atoms with Gasteiger partial charge >= 0.3 is 0 Å². The molecule has 132 valence electrons. The van der Waals surface area contributed by atoms with Gasteiger partial charge in [-0.05, 0) is 32.1 Å². The van der Waals surface area contributed by atoms with Crippen LogP contribution in [0.25, 0.3) is 0 Å². The number of carbonyl (C=O) groups is 1. The van der Waals surface area contributed by atoms with Gasteiger partial charge in [0, 0.05) is 32.6 Å². The Kier molecular flexibility index (Phi) is 10.8. The lowest BCUT2D eigenvalue weighted by Crippen LogP contribution is -2.48. The van der Waals surface area contributed by atoms with Crippen LogP contribution in [0.15, 0.2) is 24.3 Å². The summed E-state index contributed by atoms with van der Waals surface area (Å²) in [5.41, 5.74) is 1.11. The second-order valence-electron chi connectivity index (χ2n) is 5.25. The molecule has 1 amide bonds. The maximum Gasteiger partial charge on any atom is 0.222 e. The number of methoxy groups -OCH3 is 1. The van der Waals surface area contributed by atoms with Crippen LogP contribution in [0.1, 0.15) is 12.8 Å². The Balaban J connectivity index is 0.00000242. The number of amides is 1. The van der Waals surface area contributed by atoms with E-state index in [-0.39, 0.29) is 30.7 Å². The summed E-state index contributed by atoms with van der Waals surface area (Å²) in [6.45, 7) is 4.19. The van der Waals surface area contributed by atoms with Crippen LogP contribution in [0.5, 0.6) is 5.75 Å². The van der Waals surface area contributed by atoms with E-state index in [1.54, 1.807) is 7.11 Å². The minimum absolute atomic E-state index is 0. The average Bonchev–Trinajstić information content (AvgIpc) is 2.55. The van der Waals surface area contributed by atoms with Crippen LogP contribution in [0.2, 0.25) is 0 Å². The molecule has 7 heteroatoms. The Hall–Kier alpha value is -1.17. The van der Waals surface area contributed by atoms with Gasteiger partial charge in [0.25, 0.3) is 0 Å². The fourth-order valence-electron chi connectivity index (χ4n) is 2.66. The number of benzene rings is 1. The molecule has 1 aliphatic rings. The molecular formula is C16H27Cl2N3O2. The lowest BCUT2D eigenvalue weighted by molar-refractivity contribution is -0.131. The van der Waals surface area contributed by atoms with Crippen molar-refractivity contribution in [2.45, 2.75) is 12.8 Å². The number of anilines is 1. The zero-order valence-electron chi connectivity index (χ0n) is 13.8. The van der Waals surface area contributed by atoms with Gasteiger partial charge in [0.1, 0.15) is 5.75 Å². The largest absolute Gasteiger partial charge is 0.495 e.